The van der Waals surface area contributed by atoms with Gasteiger partial charge in [0.15, 0.2) is 0 Å². The zero-order valence-electron chi connectivity index (χ0n) is 61.9. The number of anilines is 3. The average Bonchev–Trinajstić information content (AvgIpc) is 1.57. The molecule has 0 radical (unpaired) electrons. The number of hydrogen-bond donors (Lipinski definition) is 3. The SMILES string of the molecule is CC1(C)c2cc(-c3ccc(N(c4ccc(-c5ccc6c(c5)C(C)(C)c5cc7[nH]c(-c8ccccc8)c(-c8ccccc8)c7cc5-6)cc4)c4ccc(-c5ccc6c(c5)C(C)(C)c5cc7[nH]c(-c8ccccc8)c(-c8ccccc8)c7cc5-6)cc4)cc3)ccc2-c2cc3c(-c4ccccc4)c(-c4ccccc4)[nH]c3cc21. The van der Waals surface area contributed by atoms with Gasteiger partial charge in [0.2, 0.25) is 0 Å². The van der Waals surface area contributed by atoms with Crippen molar-refractivity contribution in [2.24, 2.45) is 0 Å². The Labute approximate surface area is 636 Å². The van der Waals surface area contributed by atoms with E-state index >= 15 is 0 Å². The molecule has 0 saturated carbocycles. The van der Waals surface area contributed by atoms with Crippen LogP contribution in [0.15, 0.2) is 346 Å². The molecule has 0 unspecified atom stereocenters. The van der Waals surface area contributed by atoms with Crippen molar-refractivity contribution in [2.45, 2.75) is 57.8 Å². The van der Waals surface area contributed by atoms with Crippen LogP contribution in [0.25, 0.3) is 167 Å². The first-order chi connectivity index (χ1) is 53.3. The quantitative estimate of drug-likeness (QED) is 0.112. The number of aromatic amines is 3. The topological polar surface area (TPSA) is 50.6 Å². The van der Waals surface area contributed by atoms with E-state index in [0.29, 0.717) is 0 Å². The Morgan fingerprint density at radius 1 is 0.193 bits per heavy atom. The highest BCUT2D eigenvalue weighted by atomic mass is 15.1. The second kappa shape index (κ2) is 24.4. The molecule has 21 rings (SSSR count). The Kier molecular flexibility index (Phi) is 14.3. The van der Waals surface area contributed by atoms with Crippen LogP contribution in [0.4, 0.5) is 17.1 Å². The van der Waals surface area contributed by atoms with Gasteiger partial charge in [0.05, 0.1) is 17.1 Å². The predicted octanol–water partition coefficient (Wildman–Crippen LogP) is 28.5. The van der Waals surface area contributed by atoms with E-state index in [0.717, 1.165) is 50.7 Å². The molecule has 109 heavy (non-hydrogen) atoms. The van der Waals surface area contributed by atoms with Crippen LogP contribution in [0.3, 0.4) is 0 Å². The van der Waals surface area contributed by atoms with Crippen molar-refractivity contribution in [3.05, 3.63) is 379 Å². The van der Waals surface area contributed by atoms with Crippen LogP contribution in [-0.2, 0) is 16.2 Å². The monoisotopic (exact) mass is 1390 g/mol. The fraction of sp³-hybridized carbons (Fsp3) is 0.0857. The molecule has 518 valence electrons. The highest BCUT2D eigenvalue weighted by molar-refractivity contribution is 6.10. The number of rotatable bonds is 12. The first-order valence-electron chi connectivity index (χ1n) is 38.3. The fourth-order valence-electron chi connectivity index (χ4n) is 18.8. The number of nitrogens with zero attached hydrogens (tertiary/aromatic N) is 1. The highest BCUT2D eigenvalue weighted by Gasteiger charge is 2.40. The average molecular weight is 1400 g/mol. The van der Waals surface area contributed by atoms with Crippen LogP contribution >= 0.6 is 0 Å². The molecule has 3 aliphatic carbocycles. The van der Waals surface area contributed by atoms with Crippen molar-refractivity contribution in [1.82, 2.24) is 15.0 Å². The summed E-state index contributed by atoms with van der Waals surface area (Å²) in [6.07, 6.45) is 0. The second-order valence-electron chi connectivity index (χ2n) is 31.8. The summed E-state index contributed by atoms with van der Waals surface area (Å²) in [5.41, 5.74) is 43.4. The van der Waals surface area contributed by atoms with Crippen LogP contribution in [0.2, 0.25) is 0 Å². The third-order valence-corrected chi connectivity index (χ3v) is 24.5. The molecular formula is C105H78N4. The van der Waals surface area contributed by atoms with E-state index in [9.17, 15) is 0 Å². The molecular weight excluding hydrogens is 1320 g/mol. The second-order valence-corrected chi connectivity index (χ2v) is 31.8. The minimum absolute atomic E-state index is 0.232. The molecule has 18 aromatic rings. The standard InChI is InChI=1S/C105H78N4/c1-103(2)88-55-73(43-52-79(88)82-58-85-94(61-91(82)103)106-100(70-31-19-10-20-32-70)97(85)67-25-13-7-14-26-67)64-37-46-76(47-38-64)109(77-48-39-65(40-49-77)74-44-53-80-83-59-86-95(62-92(83)104(3,4)89(80)56-74)107-101(71-33-21-11-22-34-71)98(86)68-27-15-8-16-28-68)78-50-41-66(42-51-78)75-45-54-81-84-60-87-96(63-93(84)105(5,6)90(81)57-75)108-102(72-35-23-12-24-36-72)99(87)69-29-17-9-18-30-69/h7-63,106-108H,1-6H3. The maximum absolute atomic E-state index is 3.92. The summed E-state index contributed by atoms with van der Waals surface area (Å²) in [7, 11) is 0. The van der Waals surface area contributed by atoms with Crippen LogP contribution in [0.1, 0.15) is 74.9 Å². The van der Waals surface area contributed by atoms with Gasteiger partial charge in [-0.05, 0) is 225 Å². The lowest BCUT2D eigenvalue weighted by Crippen LogP contribution is -2.15. The predicted molar refractivity (Wildman–Crippen MR) is 458 cm³/mol. The third-order valence-electron chi connectivity index (χ3n) is 24.5. The number of H-pyrrole nitrogens is 3. The fourth-order valence-corrected chi connectivity index (χ4v) is 18.8. The van der Waals surface area contributed by atoms with Crippen molar-refractivity contribution in [3.8, 4) is 134 Å². The third kappa shape index (κ3) is 10.1. The lowest BCUT2D eigenvalue weighted by Gasteiger charge is -2.26. The summed E-state index contributed by atoms with van der Waals surface area (Å²) in [4.78, 5) is 14.2. The van der Waals surface area contributed by atoms with Gasteiger partial charge >= 0.3 is 0 Å². The van der Waals surface area contributed by atoms with Gasteiger partial charge in [-0.2, -0.15) is 0 Å². The van der Waals surface area contributed by atoms with Crippen molar-refractivity contribution < 1.29 is 0 Å². The molecule has 0 aliphatic heterocycles. The summed E-state index contributed by atoms with van der Waals surface area (Å²) in [6, 6.07) is 129. The van der Waals surface area contributed by atoms with Crippen LogP contribution in [-0.4, -0.2) is 15.0 Å². The highest BCUT2D eigenvalue weighted by Crippen LogP contribution is 2.57. The zero-order valence-corrected chi connectivity index (χ0v) is 61.9. The van der Waals surface area contributed by atoms with Gasteiger partial charge in [-0.25, -0.2) is 0 Å². The van der Waals surface area contributed by atoms with Crippen molar-refractivity contribution >= 4 is 49.8 Å². The molecule has 4 heteroatoms. The van der Waals surface area contributed by atoms with E-state index in [1.54, 1.807) is 0 Å². The van der Waals surface area contributed by atoms with Gasteiger partial charge in [0.1, 0.15) is 0 Å². The zero-order chi connectivity index (χ0) is 73.0. The van der Waals surface area contributed by atoms with E-state index in [1.165, 1.54) is 166 Å². The molecule has 3 N–H and O–H groups in total. The van der Waals surface area contributed by atoms with Crippen LogP contribution in [0.5, 0.6) is 0 Å². The summed E-state index contributed by atoms with van der Waals surface area (Å²) < 4.78 is 0. The van der Waals surface area contributed by atoms with Crippen LogP contribution in [0, 0.1) is 0 Å². The van der Waals surface area contributed by atoms with Gasteiger partial charge < -0.3 is 19.9 Å². The molecule has 0 fully saturated rings. The summed E-state index contributed by atoms with van der Waals surface area (Å²) in [5.74, 6) is 0. The lowest BCUT2D eigenvalue weighted by atomic mass is 9.81. The number of benzene rings is 15. The molecule has 3 heterocycles. The first-order valence-corrected chi connectivity index (χ1v) is 38.3. The van der Waals surface area contributed by atoms with E-state index in [-0.39, 0.29) is 16.2 Å². The van der Waals surface area contributed by atoms with E-state index < -0.39 is 0 Å². The Bertz CT molecular complexity index is 6010. The van der Waals surface area contributed by atoms with Crippen molar-refractivity contribution in [3.63, 3.8) is 0 Å². The number of hydrogen-bond acceptors (Lipinski definition) is 1. The van der Waals surface area contributed by atoms with Crippen molar-refractivity contribution in [2.75, 3.05) is 4.90 Å². The molecule has 3 aromatic heterocycles. The van der Waals surface area contributed by atoms with Gasteiger partial charge in [-0.15, -0.1) is 0 Å². The minimum Gasteiger partial charge on any atom is -0.354 e. The van der Waals surface area contributed by atoms with Crippen LogP contribution < -0.4 is 4.90 Å². The number of fused-ring (bicyclic) bond motifs is 12. The number of aromatic nitrogens is 3. The van der Waals surface area contributed by atoms with Gasteiger partial charge in [-0.3, -0.25) is 0 Å². The van der Waals surface area contributed by atoms with Crippen molar-refractivity contribution in [1.29, 1.82) is 0 Å². The Hall–Kier alpha value is -13.3. The smallest absolute Gasteiger partial charge is 0.0544 e. The first kappa shape index (κ1) is 64.1. The Balaban J connectivity index is 0.632. The van der Waals surface area contributed by atoms with E-state index in [2.05, 4.69) is 407 Å². The minimum atomic E-state index is -0.232. The normalized spacial score (nSPS) is 13.8. The Morgan fingerprint density at radius 3 is 0.661 bits per heavy atom. The molecule has 0 amide bonds. The van der Waals surface area contributed by atoms with E-state index in [4.69, 9.17) is 0 Å². The number of nitrogens with one attached hydrogen (secondary N) is 3. The molecule has 4 nitrogen and oxygen atoms in total. The molecule has 0 spiro atoms. The molecule has 0 atom stereocenters. The summed E-state index contributed by atoms with van der Waals surface area (Å²) in [5, 5.41) is 3.72. The molecule has 0 bridgehead atoms. The molecule has 3 aliphatic rings. The van der Waals surface area contributed by atoms with E-state index in [1.807, 2.05) is 0 Å². The Morgan fingerprint density at radius 2 is 0.413 bits per heavy atom. The van der Waals surface area contributed by atoms with Gasteiger partial charge in [0, 0.05) is 82.7 Å². The lowest BCUT2D eigenvalue weighted by molar-refractivity contribution is 0.661. The van der Waals surface area contributed by atoms with Gasteiger partial charge in [-0.1, -0.05) is 296 Å². The maximum atomic E-state index is 3.92. The molecule has 15 aromatic carbocycles. The maximum Gasteiger partial charge on any atom is 0.0544 e. The largest absolute Gasteiger partial charge is 0.354 e. The molecule has 0 saturated heterocycles. The summed E-state index contributed by atoms with van der Waals surface area (Å²) >= 11 is 0. The van der Waals surface area contributed by atoms with Gasteiger partial charge in [0.25, 0.3) is 0 Å². The summed E-state index contributed by atoms with van der Waals surface area (Å²) in [6.45, 7) is 14.4.